The fourth-order valence-corrected chi connectivity index (χ4v) is 4.40. The lowest BCUT2D eigenvalue weighted by atomic mass is 9.99. The Kier molecular flexibility index (Phi) is 5.83. The summed E-state index contributed by atoms with van der Waals surface area (Å²) in [5.41, 5.74) is 7.44. The molecule has 1 aromatic carbocycles. The number of carbonyl (C=O) groups excluding carboxylic acids is 1. The van der Waals surface area contributed by atoms with Crippen molar-refractivity contribution in [1.29, 1.82) is 0 Å². The predicted molar refractivity (Wildman–Crippen MR) is 132 cm³/mol. The second-order valence-electron chi connectivity index (χ2n) is 8.69. The number of pyridine rings is 1. The zero-order chi connectivity index (χ0) is 23.7. The summed E-state index contributed by atoms with van der Waals surface area (Å²) in [4.78, 5) is 19.9. The average molecular weight is 457 g/mol. The van der Waals surface area contributed by atoms with E-state index in [9.17, 15) is 4.79 Å². The van der Waals surface area contributed by atoms with Crippen molar-refractivity contribution in [2.45, 2.75) is 27.3 Å². The summed E-state index contributed by atoms with van der Waals surface area (Å²) in [7, 11) is 0. The molecule has 0 unspecified atom stereocenters. The first-order valence-electron chi connectivity index (χ1n) is 11.5. The molecule has 9 nitrogen and oxygen atoms in total. The number of aromatic nitrogens is 5. The van der Waals surface area contributed by atoms with Gasteiger partial charge in [0.05, 0.1) is 11.9 Å². The number of hydrogen-bond acceptors (Lipinski definition) is 7. The summed E-state index contributed by atoms with van der Waals surface area (Å²) in [5, 5.41) is 16.5. The van der Waals surface area contributed by atoms with Crippen molar-refractivity contribution in [3.63, 3.8) is 0 Å². The van der Waals surface area contributed by atoms with Gasteiger partial charge >= 0.3 is 0 Å². The van der Waals surface area contributed by atoms with Crippen LogP contribution in [0.15, 0.2) is 48.8 Å². The Morgan fingerprint density at radius 3 is 2.59 bits per heavy atom. The van der Waals surface area contributed by atoms with Crippen molar-refractivity contribution in [3.05, 3.63) is 65.6 Å². The lowest BCUT2D eigenvalue weighted by Gasteiger charge is -2.35. The molecular weight excluding hydrogens is 428 g/mol. The predicted octanol–water partition coefficient (Wildman–Crippen LogP) is 3.08. The number of rotatable bonds is 5. The average Bonchev–Trinajstić information content (AvgIpc) is 3.25. The van der Waals surface area contributed by atoms with Crippen molar-refractivity contribution < 1.29 is 4.79 Å². The molecule has 5 rings (SSSR count). The number of nitrogens with one attached hydrogen (secondary N) is 1. The molecule has 1 aliphatic heterocycles. The highest BCUT2D eigenvalue weighted by atomic mass is 16.2. The molecule has 0 atom stereocenters. The maximum atomic E-state index is 11.6. The number of fused-ring (bicyclic) bond motifs is 1. The molecule has 1 N–H and O–H groups in total. The highest BCUT2D eigenvalue weighted by Crippen LogP contribution is 2.25. The summed E-state index contributed by atoms with van der Waals surface area (Å²) >= 11 is 0. The molecule has 0 spiro atoms. The number of carbonyl (C=O) groups is 1. The van der Waals surface area contributed by atoms with Crippen LogP contribution in [0, 0.1) is 13.8 Å². The van der Waals surface area contributed by atoms with Gasteiger partial charge in [0.2, 0.25) is 11.9 Å². The summed E-state index contributed by atoms with van der Waals surface area (Å²) in [6.45, 7) is 9.37. The number of aryl methyl sites for hydroxylation is 2. The SMILES string of the molecule is CC(=O)N1CCN(c2cnn3c(NCc4ccc(-c5ccnc(C)c5)c(C)c4)nnc3c2)CC1. The number of piperazine rings is 1. The van der Waals surface area contributed by atoms with Crippen LogP contribution in [0.25, 0.3) is 16.8 Å². The molecule has 3 aromatic heterocycles. The highest BCUT2D eigenvalue weighted by molar-refractivity contribution is 5.73. The van der Waals surface area contributed by atoms with Crippen LogP contribution in [0.2, 0.25) is 0 Å². The number of anilines is 2. The topological polar surface area (TPSA) is 91.6 Å². The molecule has 0 bridgehead atoms. The van der Waals surface area contributed by atoms with Crippen molar-refractivity contribution in [3.8, 4) is 11.1 Å². The molecule has 1 amide bonds. The first kappa shape index (κ1) is 21.8. The molecule has 34 heavy (non-hydrogen) atoms. The van der Waals surface area contributed by atoms with Crippen LogP contribution in [0.1, 0.15) is 23.7 Å². The van der Waals surface area contributed by atoms with Crippen LogP contribution < -0.4 is 10.2 Å². The lowest BCUT2D eigenvalue weighted by Crippen LogP contribution is -2.48. The van der Waals surface area contributed by atoms with Gasteiger partial charge in [-0.1, -0.05) is 18.2 Å². The van der Waals surface area contributed by atoms with Crippen LogP contribution in [0.3, 0.4) is 0 Å². The minimum atomic E-state index is 0.124. The minimum Gasteiger partial charge on any atom is -0.367 e. The van der Waals surface area contributed by atoms with Gasteiger partial charge in [-0.3, -0.25) is 9.78 Å². The molecule has 0 radical (unpaired) electrons. The normalized spacial score (nSPS) is 14.0. The summed E-state index contributed by atoms with van der Waals surface area (Å²) in [5.74, 6) is 0.730. The van der Waals surface area contributed by atoms with E-state index in [4.69, 9.17) is 0 Å². The third kappa shape index (κ3) is 4.41. The minimum absolute atomic E-state index is 0.124. The van der Waals surface area contributed by atoms with Gasteiger partial charge in [-0.25, -0.2) is 0 Å². The van der Waals surface area contributed by atoms with Crippen LogP contribution in [0.4, 0.5) is 11.6 Å². The van der Waals surface area contributed by atoms with Crippen molar-refractivity contribution in [1.82, 2.24) is 29.7 Å². The molecule has 4 heterocycles. The lowest BCUT2D eigenvalue weighted by molar-refractivity contribution is -0.129. The van der Waals surface area contributed by atoms with Crippen molar-refractivity contribution in [2.75, 3.05) is 36.4 Å². The van der Waals surface area contributed by atoms with Gasteiger partial charge in [0.15, 0.2) is 5.65 Å². The fourth-order valence-electron chi connectivity index (χ4n) is 4.40. The van der Waals surface area contributed by atoms with E-state index in [1.54, 1.807) is 11.4 Å². The third-order valence-electron chi connectivity index (χ3n) is 6.29. The summed E-state index contributed by atoms with van der Waals surface area (Å²) < 4.78 is 1.72. The molecule has 0 aliphatic carbocycles. The third-order valence-corrected chi connectivity index (χ3v) is 6.29. The first-order valence-corrected chi connectivity index (χ1v) is 11.5. The molecule has 1 saturated heterocycles. The second kappa shape index (κ2) is 9.09. The van der Waals surface area contributed by atoms with Crippen LogP contribution in [0.5, 0.6) is 0 Å². The second-order valence-corrected chi connectivity index (χ2v) is 8.69. The van der Waals surface area contributed by atoms with Gasteiger partial charge in [-0.05, 0) is 48.2 Å². The van der Waals surface area contributed by atoms with E-state index in [0.29, 0.717) is 18.1 Å². The van der Waals surface area contributed by atoms with Gasteiger partial charge in [-0.15, -0.1) is 10.2 Å². The van der Waals surface area contributed by atoms with Gasteiger partial charge in [0.25, 0.3) is 0 Å². The Morgan fingerprint density at radius 2 is 1.85 bits per heavy atom. The Morgan fingerprint density at radius 1 is 1.03 bits per heavy atom. The zero-order valence-corrected chi connectivity index (χ0v) is 19.7. The Labute approximate surface area is 198 Å². The molecule has 9 heteroatoms. The number of benzene rings is 1. The molecule has 0 saturated carbocycles. The summed E-state index contributed by atoms with van der Waals surface area (Å²) in [6.07, 6.45) is 3.68. The van der Waals surface area contributed by atoms with Gasteiger partial charge in [0.1, 0.15) is 0 Å². The van der Waals surface area contributed by atoms with Crippen LogP contribution >= 0.6 is 0 Å². The van der Waals surface area contributed by atoms with Crippen LogP contribution in [-0.2, 0) is 11.3 Å². The van der Waals surface area contributed by atoms with E-state index in [2.05, 4.69) is 61.7 Å². The molecular formula is C25H28N8O. The van der Waals surface area contributed by atoms with E-state index < -0.39 is 0 Å². The van der Waals surface area contributed by atoms with E-state index >= 15 is 0 Å². The summed E-state index contributed by atoms with van der Waals surface area (Å²) in [6, 6.07) is 12.6. The molecule has 1 aliphatic rings. The Balaban J connectivity index is 1.27. The maximum absolute atomic E-state index is 11.6. The van der Waals surface area contributed by atoms with E-state index in [-0.39, 0.29) is 5.91 Å². The number of hydrogen-bond donors (Lipinski definition) is 1. The van der Waals surface area contributed by atoms with E-state index in [0.717, 1.165) is 43.1 Å². The zero-order valence-electron chi connectivity index (χ0n) is 19.7. The molecule has 4 aromatic rings. The Hall–Kier alpha value is -4.01. The van der Waals surface area contributed by atoms with E-state index in [1.807, 2.05) is 36.4 Å². The number of amides is 1. The maximum Gasteiger partial charge on any atom is 0.246 e. The molecule has 1 fully saturated rings. The molecule has 174 valence electrons. The first-order chi connectivity index (χ1) is 16.5. The van der Waals surface area contributed by atoms with Crippen molar-refractivity contribution in [2.24, 2.45) is 0 Å². The van der Waals surface area contributed by atoms with Gasteiger partial charge < -0.3 is 15.1 Å². The largest absolute Gasteiger partial charge is 0.367 e. The monoisotopic (exact) mass is 456 g/mol. The van der Waals surface area contributed by atoms with Crippen LogP contribution in [-0.4, -0.2) is 61.8 Å². The highest BCUT2D eigenvalue weighted by Gasteiger charge is 2.20. The fraction of sp³-hybridized carbons (Fsp3) is 0.320. The van der Waals surface area contributed by atoms with Gasteiger partial charge in [0, 0.05) is 57.6 Å². The quantitative estimate of drug-likeness (QED) is 0.493. The standard InChI is InChI=1S/C25H28N8O/c1-17-12-20(4-5-23(17)21-6-7-26-18(2)13-21)15-27-25-30-29-24-14-22(16-28-33(24)25)32-10-8-31(9-11-32)19(3)34/h4-7,12-14,16H,8-11,15H2,1-3H3,(H,27,30). The van der Waals surface area contributed by atoms with Gasteiger partial charge in [-0.2, -0.15) is 9.61 Å². The number of nitrogens with zero attached hydrogens (tertiary/aromatic N) is 7. The van der Waals surface area contributed by atoms with E-state index in [1.165, 1.54) is 16.7 Å². The van der Waals surface area contributed by atoms with Crippen molar-refractivity contribution >= 4 is 23.2 Å². The Bertz CT molecular complexity index is 1340. The smallest absolute Gasteiger partial charge is 0.246 e.